The summed E-state index contributed by atoms with van der Waals surface area (Å²) in [6, 6.07) is 23.1. The van der Waals surface area contributed by atoms with Crippen molar-refractivity contribution in [2.45, 2.75) is 19.8 Å². The molecule has 6 nitrogen and oxygen atoms in total. The first kappa shape index (κ1) is 24.9. The highest BCUT2D eigenvalue weighted by molar-refractivity contribution is 9.10. The van der Waals surface area contributed by atoms with Gasteiger partial charge in [0.15, 0.2) is 10.7 Å². The number of nitrogens with zero attached hydrogens (tertiary/aromatic N) is 1. The lowest BCUT2D eigenvalue weighted by Gasteiger charge is -2.14. The topological polar surface area (TPSA) is 76.4 Å². The predicted octanol–water partition coefficient (Wildman–Crippen LogP) is 7.67. The Kier molecular flexibility index (Phi) is 6.95. The third kappa shape index (κ3) is 5.08. The molecule has 0 aliphatic heterocycles. The number of benzene rings is 4. The van der Waals surface area contributed by atoms with Gasteiger partial charge in [0.1, 0.15) is 11.3 Å². The van der Waals surface area contributed by atoms with Crippen LogP contribution in [0, 0.1) is 0 Å². The van der Waals surface area contributed by atoms with Gasteiger partial charge in [-0.15, -0.1) is 0 Å². The molecule has 0 spiro atoms. The molecule has 0 radical (unpaired) electrons. The molecule has 0 bridgehead atoms. The van der Waals surface area contributed by atoms with Crippen LogP contribution in [0.15, 0.2) is 81.7 Å². The maximum atomic E-state index is 13.1. The van der Waals surface area contributed by atoms with Gasteiger partial charge in [-0.1, -0.05) is 50.2 Å². The Labute approximate surface area is 228 Å². The molecule has 37 heavy (non-hydrogen) atoms. The third-order valence-corrected chi connectivity index (χ3v) is 7.05. The zero-order valence-electron chi connectivity index (χ0n) is 20.5. The average molecular weight is 575 g/mol. The van der Waals surface area contributed by atoms with Crippen molar-refractivity contribution >= 4 is 66.7 Å². The summed E-state index contributed by atoms with van der Waals surface area (Å²) >= 11 is 9.00. The molecule has 1 aromatic heterocycles. The number of carbonyl (C=O) groups is 1. The van der Waals surface area contributed by atoms with Gasteiger partial charge < -0.3 is 14.5 Å². The first-order valence-corrected chi connectivity index (χ1v) is 12.9. The Bertz CT molecular complexity index is 1660. The monoisotopic (exact) mass is 573 g/mol. The van der Waals surface area contributed by atoms with Crippen molar-refractivity contribution in [2.75, 3.05) is 12.4 Å². The molecule has 1 heterocycles. The fourth-order valence-corrected chi connectivity index (χ4v) is 5.09. The van der Waals surface area contributed by atoms with E-state index in [1.54, 1.807) is 6.07 Å². The van der Waals surface area contributed by atoms with Crippen LogP contribution in [-0.2, 0) is 0 Å². The summed E-state index contributed by atoms with van der Waals surface area (Å²) in [4.78, 5) is 17.8. The number of hydrogen-bond acceptors (Lipinski definition) is 5. The van der Waals surface area contributed by atoms with Crippen LogP contribution in [0.2, 0.25) is 0 Å². The SMILES string of the molecule is COc1c(C(=O)NC(=S)Nc2cccc(-c3nc4cc(C(C)C)ccc4o3)c2)cc2ccccc2c1Br. The number of halogens is 1. The number of thiocarbonyl (C=S) groups is 1. The van der Waals surface area contributed by atoms with Crippen molar-refractivity contribution in [1.29, 1.82) is 0 Å². The van der Waals surface area contributed by atoms with Gasteiger partial charge in [0.2, 0.25) is 5.89 Å². The molecule has 0 aliphatic carbocycles. The molecule has 0 fully saturated rings. The average Bonchev–Trinajstić information content (AvgIpc) is 3.32. The fraction of sp³-hybridized carbons (Fsp3) is 0.138. The Morgan fingerprint density at radius 2 is 1.86 bits per heavy atom. The molecular weight excluding hydrogens is 550 g/mol. The van der Waals surface area contributed by atoms with E-state index in [0.29, 0.717) is 33.3 Å². The number of amides is 1. The maximum Gasteiger partial charge on any atom is 0.261 e. The molecule has 0 saturated heterocycles. The number of rotatable bonds is 5. The summed E-state index contributed by atoms with van der Waals surface area (Å²) in [6.45, 7) is 4.29. The van der Waals surface area contributed by atoms with Crippen LogP contribution < -0.4 is 15.4 Å². The van der Waals surface area contributed by atoms with E-state index in [9.17, 15) is 4.79 Å². The first-order valence-electron chi connectivity index (χ1n) is 11.7. The summed E-state index contributed by atoms with van der Waals surface area (Å²) in [5.41, 5.74) is 4.62. The fourth-order valence-electron chi connectivity index (χ4n) is 4.14. The minimum atomic E-state index is -0.378. The molecule has 2 N–H and O–H groups in total. The molecule has 0 unspecified atom stereocenters. The van der Waals surface area contributed by atoms with E-state index in [4.69, 9.17) is 21.4 Å². The minimum absolute atomic E-state index is 0.160. The van der Waals surface area contributed by atoms with Crippen molar-refractivity contribution in [3.8, 4) is 17.2 Å². The zero-order chi connectivity index (χ0) is 26.1. The minimum Gasteiger partial charge on any atom is -0.495 e. The quantitative estimate of drug-likeness (QED) is 0.210. The lowest BCUT2D eigenvalue weighted by molar-refractivity contribution is 0.0975. The molecule has 0 saturated carbocycles. The van der Waals surface area contributed by atoms with E-state index in [1.165, 1.54) is 12.7 Å². The number of anilines is 1. The summed E-state index contributed by atoms with van der Waals surface area (Å²) in [5.74, 6) is 0.985. The van der Waals surface area contributed by atoms with Gasteiger partial charge in [0, 0.05) is 11.3 Å². The third-order valence-electron chi connectivity index (χ3n) is 6.06. The second-order valence-electron chi connectivity index (χ2n) is 8.88. The van der Waals surface area contributed by atoms with Gasteiger partial charge in [0.25, 0.3) is 5.91 Å². The molecule has 1 amide bonds. The van der Waals surface area contributed by atoms with Gasteiger partial charge >= 0.3 is 0 Å². The zero-order valence-corrected chi connectivity index (χ0v) is 22.9. The normalized spacial score (nSPS) is 11.2. The molecule has 0 atom stereocenters. The van der Waals surface area contributed by atoms with Gasteiger partial charge in [-0.3, -0.25) is 10.1 Å². The number of ether oxygens (including phenoxy) is 1. The summed E-state index contributed by atoms with van der Waals surface area (Å²) < 4.78 is 12.2. The smallest absolute Gasteiger partial charge is 0.261 e. The van der Waals surface area contributed by atoms with Gasteiger partial charge in [0.05, 0.1) is 17.1 Å². The second kappa shape index (κ2) is 10.3. The molecule has 5 aromatic rings. The maximum absolute atomic E-state index is 13.1. The van der Waals surface area contributed by atoms with Crippen molar-refractivity contribution < 1.29 is 13.9 Å². The predicted molar refractivity (Wildman–Crippen MR) is 155 cm³/mol. The standard InChI is InChI=1S/C29H24BrN3O3S/c1-16(2)17-11-12-24-23(15-17)32-28(36-24)19-8-6-9-20(13-19)31-29(37)33-27(34)22-14-18-7-4-5-10-21(18)25(30)26(22)35-3/h4-16H,1-3H3,(H2,31,33,34,37). The highest BCUT2D eigenvalue weighted by Gasteiger charge is 2.19. The Balaban J connectivity index is 1.35. The number of oxazole rings is 1. The van der Waals surface area contributed by atoms with E-state index in [0.717, 1.165) is 27.4 Å². The van der Waals surface area contributed by atoms with Gasteiger partial charge in [-0.2, -0.15) is 0 Å². The Morgan fingerprint density at radius 1 is 1.05 bits per heavy atom. The number of fused-ring (bicyclic) bond motifs is 2. The van der Waals surface area contributed by atoms with Crippen molar-refractivity contribution in [1.82, 2.24) is 10.3 Å². The number of hydrogen-bond donors (Lipinski definition) is 2. The lowest BCUT2D eigenvalue weighted by Crippen LogP contribution is -2.34. The number of nitrogens with one attached hydrogen (secondary N) is 2. The van der Waals surface area contributed by atoms with E-state index in [2.05, 4.69) is 57.5 Å². The van der Waals surface area contributed by atoms with E-state index < -0.39 is 0 Å². The van der Waals surface area contributed by atoms with E-state index >= 15 is 0 Å². The number of methoxy groups -OCH3 is 1. The summed E-state index contributed by atoms with van der Waals surface area (Å²) in [5, 5.41) is 7.85. The first-order chi connectivity index (χ1) is 17.8. The highest BCUT2D eigenvalue weighted by Crippen LogP contribution is 2.36. The van der Waals surface area contributed by atoms with E-state index in [-0.39, 0.29) is 11.0 Å². The molecule has 0 aliphatic rings. The molecule has 5 rings (SSSR count). The second-order valence-corrected chi connectivity index (χ2v) is 10.1. The summed E-state index contributed by atoms with van der Waals surface area (Å²) in [6.07, 6.45) is 0. The summed E-state index contributed by atoms with van der Waals surface area (Å²) in [7, 11) is 1.53. The largest absolute Gasteiger partial charge is 0.495 e. The molecule has 186 valence electrons. The van der Waals surface area contributed by atoms with E-state index in [1.807, 2.05) is 54.6 Å². The number of carbonyl (C=O) groups excluding carboxylic acids is 1. The Hall–Kier alpha value is -3.75. The number of aromatic nitrogens is 1. The lowest BCUT2D eigenvalue weighted by atomic mass is 10.0. The van der Waals surface area contributed by atoms with Crippen LogP contribution in [-0.4, -0.2) is 23.1 Å². The molecule has 4 aromatic carbocycles. The highest BCUT2D eigenvalue weighted by atomic mass is 79.9. The van der Waals surface area contributed by atoms with Gasteiger partial charge in [-0.05, 0) is 86.8 Å². The van der Waals surface area contributed by atoms with Crippen LogP contribution in [0.4, 0.5) is 5.69 Å². The van der Waals surface area contributed by atoms with Crippen LogP contribution >= 0.6 is 28.1 Å². The van der Waals surface area contributed by atoms with Crippen LogP contribution in [0.5, 0.6) is 5.75 Å². The van der Waals surface area contributed by atoms with Crippen LogP contribution in [0.1, 0.15) is 35.7 Å². The van der Waals surface area contributed by atoms with Gasteiger partial charge in [-0.25, -0.2) is 4.98 Å². The molecular formula is C29H24BrN3O3S. The van der Waals surface area contributed by atoms with Crippen molar-refractivity contribution in [3.05, 3.63) is 88.4 Å². The van der Waals surface area contributed by atoms with Crippen LogP contribution in [0.3, 0.4) is 0 Å². The molecule has 8 heteroatoms. The van der Waals surface area contributed by atoms with Crippen LogP contribution in [0.25, 0.3) is 33.3 Å². The van der Waals surface area contributed by atoms with Crippen molar-refractivity contribution in [2.24, 2.45) is 0 Å². The van der Waals surface area contributed by atoms with Crippen molar-refractivity contribution in [3.63, 3.8) is 0 Å². The Morgan fingerprint density at radius 3 is 2.65 bits per heavy atom.